The number of carbonyl (C=O) groups is 2. The predicted molar refractivity (Wildman–Crippen MR) is 111 cm³/mol. The van der Waals surface area contributed by atoms with Gasteiger partial charge in [0.05, 0.1) is 19.8 Å². The molecule has 0 spiro atoms. The summed E-state index contributed by atoms with van der Waals surface area (Å²) in [6, 6.07) is 10.8. The Balaban J connectivity index is 1.56. The Hall–Kier alpha value is -3.48. The van der Waals surface area contributed by atoms with Gasteiger partial charge in [-0.2, -0.15) is 0 Å². The van der Waals surface area contributed by atoms with Crippen LogP contribution in [0.1, 0.15) is 27.2 Å². The lowest BCUT2D eigenvalue weighted by Crippen LogP contribution is -2.38. The molecule has 0 fully saturated rings. The molecule has 0 unspecified atom stereocenters. The number of aromatic amines is 1. The molecule has 0 saturated carbocycles. The normalized spacial score (nSPS) is 13.1. The van der Waals surface area contributed by atoms with E-state index in [4.69, 9.17) is 9.47 Å². The molecule has 2 aromatic carbocycles. The van der Waals surface area contributed by atoms with Crippen LogP contribution in [0.4, 0.5) is 10.5 Å². The number of aromatic nitrogens is 1. The van der Waals surface area contributed by atoms with E-state index in [1.165, 1.54) is 7.11 Å². The zero-order chi connectivity index (χ0) is 20.5. The number of anilines is 1. The summed E-state index contributed by atoms with van der Waals surface area (Å²) in [5.41, 5.74) is 5.28. The van der Waals surface area contributed by atoms with Crippen molar-refractivity contribution >= 4 is 28.6 Å². The topological polar surface area (TPSA) is 83.7 Å². The lowest BCUT2D eigenvalue weighted by molar-refractivity contribution is 0.0601. The highest BCUT2D eigenvalue weighted by atomic mass is 16.5. The minimum absolute atomic E-state index is 0.154. The number of esters is 1. The fraction of sp³-hybridized carbons (Fsp3) is 0.273. The zero-order valence-electron chi connectivity index (χ0n) is 16.7. The van der Waals surface area contributed by atoms with Gasteiger partial charge < -0.3 is 24.7 Å². The number of urea groups is 1. The number of hydrogen-bond donors (Lipinski definition) is 2. The number of methoxy groups -OCH3 is 2. The molecule has 0 atom stereocenters. The number of ether oxygens (including phenoxy) is 2. The second kappa shape index (κ2) is 7.50. The summed E-state index contributed by atoms with van der Waals surface area (Å²) >= 11 is 0. The van der Waals surface area contributed by atoms with E-state index in [9.17, 15) is 9.59 Å². The van der Waals surface area contributed by atoms with E-state index in [1.807, 2.05) is 37.3 Å². The second-order valence-corrected chi connectivity index (χ2v) is 7.12. The van der Waals surface area contributed by atoms with Crippen LogP contribution in [0.3, 0.4) is 0 Å². The molecule has 0 radical (unpaired) electrons. The average Bonchev–Trinajstić information content (AvgIpc) is 3.10. The zero-order valence-corrected chi connectivity index (χ0v) is 16.7. The van der Waals surface area contributed by atoms with Crippen LogP contribution in [0.15, 0.2) is 36.4 Å². The summed E-state index contributed by atoms with van der Waals surface area (Å²) in [4.78, 5) is 29.9. The van der Waals surface area contributed by atoms with Crippen LogP contribution in [-0.2, 0) is 17.7 Å². The van der Waals surface area contributed by atoms with E-state index in [0.29, 0.717) is 18.7 Å². The fourth-order valence-corrected chi connectivity index (χ4v) is 3.79. The third-order valence-electron chi connectivity index (χ3n) is 5.33. The first kappa shape index (κ1) is 18.9. The minimum atomic E-state index is -0.373. The van der Waals surface area contributed by atoms with Gasteiger partial charge >= 0.3 is 12.0 Å². The Kier molecular flexibility index (Phi) is 4.88. The monoisotopic (exact) mass is 393 g/mol. The van der Waals surface area contributed by atoms with Gasteiger partial charge in [-0.25, -0.2) is 9.59 Å². The number of nitrogens with one attached hydrogen (secondary N) is 2. The highest BCUT2D eigenvalue weighted by Gasteiger charge is 2.25. The minimum Gasteiger partial charge on any atom is -0.496 e. The van der Waals surface area contributed by atoms with Gasteiger partial charge in [0.2, 0.25) is 0 Å². The number of rotatable bonds is 3. The molecule has 0 saturated heterocycles. The van der Waals surface area contributed by atoms with Gasteiger partial charge in [-0.3, -0.25) is 0 Å². The van der Waals surface area contributed by atoms with Crippen molar-refractivity contribution in [3.8, 4) is 5.75 Å². The van der Waals surface area contributed by atoms with Gasteiger partial charge in [-0.05, 0) is 48.9 Å². The lowest BCUT2D eigenvalue weighted by Gasteiger charge is -2.27. The quantitative estimate of drug-likeness (QED) is 0.662. The summed E-state index contributed by atoms with van der Waals surface area (Å²) in [6.45, 7) is 3.03. The Bertz CT molecular complexity index is 1100. The number of aryl methyl sites for hydroxylation is 1. The van der Waals surface area contributed by atoms with Gasteiger partial charge in [-0.1, -0.05) is 0 Å². The molecule has 2 heterocycles. The average molecular weight is 393 g/mol. The third kappa shape index (κ3) is 3.51. The molecule has 1 aliphatic heterocycles. The van der Waals surface area contributed by atoms with E-state index in [1.54, 1.807) is 18.1 Å². The fourth-order valence-electron chi connectivity index (χ4n) is 3.79. The Morgan fingerprint density at radius 1 is 1.14 bits per heavy atom. The summed E-state index contributed by atoms with van der Waals surface area (Å²) in [6.07, 6.45) is 0.729. The van der Waals surface area contributed by atoms with Crippen molar-refractivity contribution in [2.45, 2.75) is 19.9 Å². The van der Waals surface area contributed by atoms with Crippen LogP contribution in [0.5, 0.6) is 5.75 Å². The molecular formula is C22H23N3O4. The van der Waals surface area contributed by atoms with Crippen LogP contribution in [0.25, 0.3) is 10.9 Å². The van der Waals surface area contributed by atoms with Gasteiger partial charge in [0.1, 0.15) is 5.75 Å². The predicted octanol–water partition coefficient (Wildman–Crippen LogP) is 3.86. The SMILES string of the molecule is COC(=O)c1ccc2[nH]c3c(c2c1)CN(C(=O)Nc1ccc(OC)c(C)c1)CC3. The first-order valence-electron chi connectivity index (χ1n) is 9.42. The number of hydrogen-bond acceptors (Lipinski definition) is 4. The maximum atomic E-state index is 12.8. The van der Waals surface area contributed by atoms with Crippen LogP contribution >= 0.6 is 0 Å². The number of nitrogens with zero attached hydrogens (tertiary/aromatic N) is 1. The summed E-state index contributed by atoms with van der Waals surface area (Å²) < 4.78 is 10.1. The summed E-state index contributed by atoms with van der Waals surface area (Å²) in [7, 11) is 2.99. The van der Waals surface area contributed by atoms with Crippen molar-refractivity contribution in [2.24, 2.45) is 0 Å². The van der Waals surface area contributed by atoms with E-state index in [2.05, 4.69) is 10.3 Å². The number of amides is 2. The van der Waals surface area contributed by atoms with Crippen LogP contribution < -0.4 is 10.1 Å². The standard InChI is InChI=1S/C22H23N3O4/c1-13-10-15(5-7-20(13)28-2)23-22(27)25-9-8-19-17(12-25)16-11-14(21(26)29-3)4-6-18(16)24-19/h4-7,10-11,24H,8-9,12H2,1-3H3,(H,23,27). The molecule has 4 rings (SSSR count). The molecule has 7 nitrogen and oxygen atoms in total. The highest BCUT2D eigenvalue weighted by Crippen LogP contribution is 2.29. The van der Waals surface area contributed by atoms with Crippen molar-refractivity contribution in [1.29, 1.82) is 0 Å². The Morgan fingerprint density at radius 3 is 2.69 bits per heavy atom. The molecule has 2 N–H and O–H groups in total. The molecule has 150 valence electrons. The molecule has 29 heavy (non-hydrogen) atoms. The molecule has 2 amide bonds. The highest BCUT2D eigenvalue weighted by molar-refractivity contribution is 5.96. The number of carbonyl (C=O) groups excluding carboxylic acids is 2. The molecule has 7 heteroatoms. The number of fused-ring (bicyclic) bond motifs is 3. The van der Waals surface area contributed by atoms with Crippen molar-refractivity contribution < 1.29 is 19.1 Å². The van der Waals surface area contributed by atoms with E-state index < -0.39 is 0 Å². The van der Waals surface area contributed by atoms with Gasteiger partial charge in [0.25, 0.3) is 0 Å². The third-order valence-corrected chi connectivity index (χ3v) is 5.33. The maximum absolute atomic E-state index is 12.8. The maximum Gasteiger partial charge on any atom is 0.337 e. The van der Waals surface area contributed by atoms with E-state index in [-0.39, 0.29) is 12.0 Å². The first-order chi connectivity index (χ1) is 14.0. The number of benzene rings is 2. The van der Waals surface area contributed by atoms with Crippen molar-refractivity contribution in [2.75, 3.05) is 26.1 Å². The van der Waals surface area contributed by atoms with Crippen LogP contribution in [-0.4, -0.2) is 42.6 Å². The molecule has 1 aromatic heterocycles. The molecule has 3 aromatic rings. The van der Waals surface area contributed by atoms with Gasteiger partial charge in [0.15, 0.2) is 0 Å². The molecular weight excluding hydrogens is 370 g/mol. The Labute approximate surface area is 168 Å². The molecule has 1 aliphatic rings. The second-order valence-electron chi connectivity index (χ2n) is 7.12. The first-order valence-corrected chi connectivity index (χ1v) is 9.42. The van der Waals surface area contributed by atoms with Crippen LogP contribution in [0.2, 0.25) is 0 Å². The van der Waals surface area contributed by atoms with Crippen molar-refractivity contribution in [3.05, 3.63) is 58.8 Å². The summed E-state index contributed by atoms with van der Waals surface area (Å²) in [5.74, 6) is 0.410. The number of H-pyrrole nitrogens is 1. The van der Waals surface area contributed by atoms with Gasteiger partial charge in [-0.15, -0.1) is 0 Å². The molecule has 0 aliphatic carbocycles. The van der Waals surface area contributed by atoms with Crippen molar-refractivity contribution in [1.82, 2.24) is 9.88 Å². The van der Waals surface area contributed by atoms with Crippen LogP contribution in [0, 0.1) is 6.92 Å². The lowest BCUT2D eigenvalue weighted by atomic mass is 10.0. The van der Waals surface area contributed by atoms with E-state index in [0.717, 1.165) is 45.6 Å². The smallest absolute Gasteiger partial charge is 0.337 e. The molecule has 0 bridgehead atoms. The van der Waals surface area contributed by atoms with Crippen molar-refractivity contribution in [3.63, 3.8) is 0 Å². The largest absolute Gasteiger partial charge is 0.496 e. The van der Waals surface area contributed by atoms with E-state index >= 15 is 0 Å². The Morgan fingerprint density at radius 2 is 1.97 bits per heavy atom. The summed E-state index contributed by atoms with van der Waals surface area (Å²) in [5, 5.41) is 3.91. The van der Waals surface area contributed by atoms with Gasteiger partial charge in [0, 0.05) is 47.4 Å².